The Bertz CT molecular complexity index is 471. The second-order valence-corrected chi connectivity index (χ2v) is 7.01. The molecule has 128 valence electrons. The fourth-order valence-corrected chi connectivity index (χ4v) is 3.70. The van der Waals surface area contributed by atoms with Gasteiger partial charge >= 0.3 is 0 Å². The highest BCUT2D eigenvalue weighted by atomic mass is 16.5. The molecule has 1 heterocycles. The molecule has 3 rings (SSSR count). The lowest BCUT2D eigenvalue weighted by atomic mass is 9.87. The monoisotopic (exact) mass is 318 g/mol. The highest BCUT2D eigenvalue weighted by Crippen LogP contribution is 2.25. The van der Waals surface area contributed by atoms with Crippen molar-refractivity contribution in [2.75, 3.05) is 37.7 Å². The third kappa shape index (κ3) is 4.69. The zero-order valence-electron chi connectivity index (χ0n) is 14.2. The summed E-state index contributed by atoms with van der Waals surface area (Å²) in [5.74, 6) is 0.619. The number of aliphatic hydroxyl groups is 1. The van der Waals surface area contributed by atoms with E-state index in [-0.39, 0.29) is 6.10 Å². The Morgan fingerprint density at radius 2 is 1.96 bits per heavy atom. The molecular weight excluding hydrogens is 288 g/mol. The molecule has 0 radical (unpaired) electrons. The van der Waals surface area contributed by atoms with Crippen molar-refractivity contribution in [3.63, 3.8) is 0 Å². The highest BCUT2D eigenvalue weighted by Gasteiger charge is 2.20. The fourth-order valence-electron chi connectivity index (χ4n) is 3.70. The van der Waals surface area contributed by atoms with Crippen molar-refractivity contribution in [1.29, 1.82) is 0 Å². The van der Waals surface area contributed by atoms with Crippen molar-refractivity contribution in [1.82, 2.24) is 5.32 Å². The SMILES string of the molecule is CC(NCC1CCCC(O)C1)c1ccc(N2CCOCC2)cc1. The Labute approximate surface area is 139 Å². The van der Waals surface area contributed by atoms with Gasteiger partial charge in [0.1, 0.15) is 0 Å². The van der Waals surface area contributed by atoms with E-state index in [0.29, 0.717) is 12.0 Å². The van der Waals surface area contributed by atoms with Crippen molar-refractivity contribution in [3.8, 4) is 0 Å². The maximum atomic E-state index is 9.77. The Kier molecular flexibility index (Phi) is 5.92. The van der Waals surface area contributed by atoms with Crippen molar-refractivity contribution < 1.29 is 9.84 Å². The number of nitrogens with one attached hydrogen (secondary N) is 1. The van der Waals surface area contributed by atoms with E-state index in [1.807, 2.05) is 0 Å². The zero-order chi connectivity index (χ0) is 16.1. The lowest BCUT2D eigenvalue weighted by Crippen LogP contribution is -2.36. The topological polar surface area (TPSA) is 44.7 Å². The van der Waals surface area contributed by atoms with Crippen LogP contribution < -0.4 is 10.2 Å². The van der Waals surface area contributed by atoms with Gasteiger partial charge in [-0.25, -0.2) is 0 Å². The molecule has 3 atom stereocenters. The van der Waals surface area contributed by atoms with Crippen LogP contribution in [0.3, 0.4) is 0 Å². The lowest BCUT2D eigenvalue weighted by molar-refractivity contribution is 0.0998. The average molecular weight is 318 g/mol. The number of morpholine rings is 1. The van der Waals surface area contributed by atoms with E-state index in [2.05, 4.69) is 41.4 Å². The number of anilines is 1. The standard InChI is InChI=1S/C19H30N2O2/c1-15(20-14-16-3-2-4-19(22)13-16)17-5-7-18(8-6-17)21-9-11-23-12-10-21/h5-8,15-16,19-20,22H,2-4,9-14H2,1H3. The van der Waals surface area contributed by atoms with E-state index in [1.165, 1.54) is 17.7 Å². The van der Waals surface area contributed by atoms with Gasteiger partial charge in [0.2, 0.25) is 0 Å². The molecule has 1 aliphatic carbocycles. The fraction of sp³-hybridized carbons (Fsp3) is 0.684. The predicted octanol–water partition coefficient (Wildman–Crippen LogP) is 2.72. The Balaban J connectivity index is 1.49. The summed E-state index contributed by atoms with van der Waals surface area (Å²) >= 11 is 0. The second kappa shape index (κ2) is 8.13. The number of rotatable bonds is 5. The van der Waals surface area contributed by atoms with Gasteiger partial charge in [-0.3, -0.25) is 0 Å². The molecule has 4 heteroatoms. The van der Waals surface area contributed by atoms with Gasteiger partial charge in [-0.1, -0.05) is 18.6 Å². The molecular formula is C19H30N2O2. The van der Waals surface area contributed by atoms with Gasteiger partial charge < -0.3 is 20.1 Å². The summed E-state index contributed by atoms with van der Waals surface area (Å²) in [4.78, 5) is 2.38. The van der Waals surface area contributed by atoms with Crippen LogP contribution in [0, 0.1) is 5.92 Å². The molecule has 1 aliphatic heterocycles. The number of nitrogens with zero attached hydrogens (tertiary/aromatic N) is 1. The molecule has 1 saturated carbocycles. The van der Waals surface area contributed by atoms with E-state index in [1.54, 1.807) is 0 Å². The van der Waals surface area contributed by atoms with Crippen molar-refractivity contribution in [3.05, 3.63) is 29.8 Å². The van der Waals surface area contributed by atoms with Crippen LogP contribution >= 0.6 is 0 Å². The van der Waals surface area contributed by atoms with Crippen LogP contribution in [0.15, 0.2) is 24.3 Å². The molecule has 0 bridgehead atoms. The molecule has 0 amide bonds. The average Bonchev–Trinajstić information content (AvgIpc) is 2.61. The quantitative estimate of drug-likeness (QED) is 0.876. The first-order valence-corrected chi connectivity index (χ1v) is 9.06. The van der Waals surface area contributed by atoms with Crippen molar-refractivity contribution >= 4 is 5.69 Å². The molecule has 2 N–H and O–H groups in total. The molecule has 2 aliphatic rings. The van der Waals surface area contributed by atoms with Gasteiger partial charge in [0.25, 0.3) is 0 Å². The molecule has 4 nitrogen and oxygen atoms in total. The minimum atomic E-state index is -0.0846. The van der Waals surface area contributed by atoms with Crippen LogP contribution in [-0.4, -0.2) is 44.1 Å². The Hall–Kier alpha value is -1.10. The first-order chi connectivity index (χ1) is 11.2. The summed E-state index contributed by atoms with van der Waals surface area (Å²) in [5.41, 5.74) is 2.62. The lowest BCUT2D eigenvalue weighted by Gasteiger charge is -2.29. The van der Waals surface area contributed by atoms with Crippen LogP contribution in [0.1, 0.15) is 44.2 Å². The number of benzene rings is 1. The van der Waals surface area contributed by atoms with Crippen LogP contribution in [0.4, 0.5) is 5.69 Å². The van der Waals surface area contributed by atoms with Gasteiger partial charge in [-0.15, -0.1) is 0 Å². The van der Waals surface area contributed by atoms with Crippen LogP contribution in [-0.2, 0) is 4.74 Å². The van der Waals surface area contributed by atoms with Gasteiger partial charge in [0.05, 0.1) is 19.3 Å². The maximum absolute atomic E-state index is 9.77. The number of aliphatic hydroxyl groups excluding tert-OH is 1. The first-order valence-electron chi connectivity index (χ1n) is 9.06. The summed E-state index contributed by atoms with van der Waals surface area (Å²) in [5, 5.41) is 13.4. The number of ether oxygens (including phenoxy) is 1. The minimum Gasteiger partial charge on any atom is -0.393 e. The summed E-state index contributed by atoms with van der Waals surface area (Å²) < 4.78 is 5.41. The third-order valence-corrected chi connectivity index (χ3v) is 5.24. The first kappa shape index (κ1) is 16.7. The molecule has 1 saturated heterocycles. The maximum Gasteiger partial charge on any atom is 0.0642 e. The highest BCUT2D eigenvalue weighted by molar-refractivity contribution is 5.48. The van der Waals surface area contributed by atoms with Crippen LogP contribution in [0.2, 0.25) is 0 Å². The van der Waals surface area contributed by atoms with E-state index >= 15 is 0 Å². The third-order valence-electron chi connectivity index (χ3n) is 5.24. The Morgan fingerprint density at radius 3 is 2.65 bits per heavy atom. The van der Waals surface area contributed by atoms with Gasteiger partial charge in [0, 0.05) is 24.8 Å². The molecule has 3 unspecified atom stereocenters. The summed E-state index contributed by atoms with van der Waals surface area (Å²) in [6.07, 6.45) is 4.26. The van der Waals surface area contributed by atoms with Gasteiger partial charge in [-0.2, -0.15) is 0 Å². The van der Waals surface area contributed by atoms with Crippen LogP contribution in [0.25, 0.3) is 0 Å². The zero-order valence-corrected chi connectivity index (χ0v) is 14.2. The van der Waals surface area contributed by atoms with E-state index < -0.39 is 0 Å². The van der Waals surface area contributed by atoms with Gasteiger partial charge in [0.15, 0.2) is 0 Å². The molecule has 2 fully saturated rings. The largest absolute Gasteiger partial charge is 0.393 e. The normalized spacial score (nSPS) is 27.0. The number of hydrogen-bond acceptors (Lipinski definition) is 4. The summed E-state index contributed by atoms with van der Waals surface area (Å²) in [6.45, 7) is 6.85. The van der Waals surface area contributed by atoms with E-state index in [0.717, 1.165) is 52.1 Å². The number of hydrogen-bond donors (Lipinski definition) is 2. The smallest absolute Gasteiger partial charge is 0.0642 e. The minimum absolute atomic E-state index is 0.0846. The molecule has 1 aromatic carbocycles. The summed E-state index contributed by atoms with van der Waals surface area (Å²) in [7, 11) is 0. The van der Waals surface area contributed by atoms with Crippen LogP contribution in [0.5, 0.6) is 0 Å². The molecule has 23 heavy (non-hydrogen) atoms. The molecule has 0 aromatic heterocycles. The molecule has 1 aromatic rings. The second-order valence-electron chi connectivity index (χ2n) is 7.01. The predicted molar refractivity (Wildman–Crippen MR) is 93.9 cm³/mol. The molecule has 0 spiro atoms. The van der Waals surface area contributed by atoms with E-state index in [4.69, 9.17) is 4.74 Å². The van der Waals surface area contributed by atoms with Crippen molar-refractivity contribution in [2.45, 2.75) is 44.8 Å². The van der Waals surface area contributed by atoms with Gasteiger partial charge in [-0.05, 0) is 56.3 Å². The summed E-state index contributed by atoms with van der Waals surface area (Å²) in [6, 6.07) is 9.27. The Morgan fingerprint density at radius 1 is 1.22 bits per heavy atom. The van der Waals surface area contributed by atoms with E-state index in [9.17, 15) is 5.11 Å². The van der Waals surface area contributed by atoms with Crippen molar-refractivity contribution in [2.24, 2.45) is 5.92 Å².